The molecule has 0 aliphatic carbocycles. The minimum Gasteiger partial charge on any atom is -0.463 e. The number of allylic oxidation sites excluding steroid dienone is 1. The highest BCUT2D eigenvalue weighted by atomic mass is 35.5. The molecular formula is C15H16Cl2N2O3. The molecule has 2 rings (SSSR count). The third kappa shape index (κ3) is 2.91. The number of carbonyl (C=O) groups excluding carboxylic acids is 2. The van der Waals surface area contributed by atoms with Crippen molar-refractivity contribution in [1.82, 2.24) is 10.2 Å². The second-order valence-corrected chi connectivity index (χ2v) is 5.59. The molecule has 1 aromatic carbocycles. The molecule has 0 bridgehead atoms. The van der Waals surface area contributed by atoms with Gasteiger partial charge in [-0.25, -0.2) is 9.59 Å². The van der Waals surface area contributed by atoms with Crippen LogP contribution >= 0.6 is 23.2 Å². The summed E-state index contributed by atoms with van der Waals surface area (Å²) in [6.45, 7) is 3.65. The molecule has 1 aliphatic heterocycles. The Morgan fingerprint density at radius 2 is 2.09 bits per heavy atom. The Labute approximate surface area is 138 Å². The van der Waals surface area contributed by atoms with Crippen LogP contribution in [0.15, 0.2) is 29.5 Å². The van der Waals surface area contributed by atoms with Crippen molar-refractivity contribution < 1.29 is 14.3 Å². The first-order valence-electron chi connectivity index (χ1n) is 6.74. The average Bonchev–Trinajstić information content (AvgIpc) is 2.47. The molecule has 22 heavy (non-hydrogen) atoms. The van der Waals surface area contributed by atoms with Crippen LogP contribution in [0.4, 0.5) is 4.79 Å². The first-order chi connectivity index (χ1) is 10.4. The normalized spacial score (nSPS) is 18.3. The van der Waals surface area contributed by atoms with Crippen LogP contribution in [-0.4, -0.2) is 30.6 Å². The van der Waals surface area contributed by atoms with Gasteiger partial charge >= 0.3 is 12.0 Å². The Hall–Kier alpha value is -1.72. The van der Waals surface area contributed by atoms with Gasteiger partial charge in [-0.3, -0.25) is 0 Å². The number of urea groups is 1. The maximum atomic E-state index is 12.3. The summed E-state index contributed by atoms with van der Waals surface area (Å²) >= 11 is 12.3. The first-order valence-corrected chi connectivity index (χ1v) is 7.50. The highest BCUT2D eigenvalue weighted by molar-refractivity contribution is 6.42. The van der Waals surface area contributed by atoms with E-state index in [9.17, 15) is 9.59 Å². The van der Waals surface area contributed by atoms with E-state index >= 15 is 0 Å². The summed E-state index contributed by atoms with van der Waals surface area (Å²) in [6, 6.07) is 4.05. The van der Waals surface area contributed by atoms with E-state index in [1.54, 1.807) is 39.1 Å². The quantitative estimate of drug-likeness (QED) is 0.855. The molecule has 1 N–H and O–H groups in total. The monoisotopic (exact) mass is 342 g/mol. The summed E-state index contributed by atoms with van der Waals surface area (Å²) in [7, 11) is 1.58. The van der Waals surface area contributed by atoms with E-state index in [2.05, 4.69) is 5.32 Å². The summed E-state index contributed by atoms with van der Waals surface area (Å²) in [5.74, 6) is -0.493. The van der Waals surface area contributed by atoms with E-state index in [-0.39, 0.29) is 12.6 Å². The van der Waals surface area contributed by atoms with Gasteiger partial charge in [0, 0.05) is 12.7 Å². The smallest absolute Gasteiger partial charge is 0.338 e. The third-order valence-electron chi connectivity index (χ3n) is 3.54. The van der Waals surface area contributed by atoms with E-state index in [1.807, 2.05) is 0 Å². The number of halogens is 2. The molecule has 5 nitrogen and oxygen atoms in total. The number of ether oxygens (including phenoxy) is 1. The largest absolute Gasteiger partial charge is 0.463 e. The van der Waals surface area contributed by atoms with E-state index < -0.39 is 12.0 Å². The number of esters is 1. The molecule has 0 saturated heterocycles. The van der Waals surface area contributed by atoms with Crippen molar-refractivity contribution in [3.8, 4) is 0 Å². The van der Waals surface area contributed by atoms with Gasteiger partial charge in [-0.05, 0) is 25.5 Å². The molecule has 0 unspecified atom stereocenters. The highest BCUT2D eigenvalue weighted by Gasteiger charge is 2.36. The van der Waals surface area contributed by atoms with Crippen molar-refractivity contribution in [3.63, 3.8) is 0 Å². The molecule has 7 heteroatoms. The molecule has 0 aromatic heterocycles. The second kappa shape index (κ2) is 6.58. The maximum absolute atomic E-state index is 12.3. The number of amides is 2. The summed E-state index contributed by atoms with van der Waals surface area (Å²) in [4.78, 5) is 25.7. The molecule has 0 fully saturated rings. The number of rotatable bonds is 3. The number of hydrogen-bond donors (Lipinski definition) is 1. The number of nitrogens with zero attached hydrogens (tertiary/aromatic N) is 1. The van der Waals surface area contributed by atoms with Gasteiger partial charge in [0.1, 0.15) is 0 Å². The first kappa shape index (κ1) is 16.6. The van der Waals surface area contributed by atoms with Crippen LogP contribution in [0, 0.1) is 0 Å². The average molecular weight is 343 g/mol. The molecule has 118 valence electrons. The maximum Gasteiger partial charge on any atom is 0.338 e. The lowest BCUT2D eigenvalue weighted by Gasteiger charge is -2.33. The van der Waals surface area contributed by atoms with Crippen LogP contribution in [0.1, 0.15) is 25.5 Å². The van der Waals surface area contributed by atoms with Crippen LogP contribution in [0.5, 0.6) is 0 Å². The molecule has 1 aliphatic rings. The van der Waals surface area contributed by atoms with Crippen molar-refractivity contribution in [2.45, 2.75) is 19.9 Å². The van der Waals surface area contributed by atoms with Crippen molar-refractivity contribution >= 4 is 35.2 Å². The van der Waals surface area contributed by atoms with Gasteiger partial charge in [0.2, 0.25) is 0 Å². The van der Waals surface area contributed by atoms with Crippen LogP contribution in [0.2, 0.25) is 10.0 Å². The van der Waals surface area contributed by atoms with Gasteiger partial charge in [-0.15, -0.1) is 0 Å². The molecular weight excluding hydrogens is 327 g/mol. The Morgan fingerprint density at radius 3 is 2.73 bits per heavy atom. The zero-order valence-corrected chi connectivity index (χ0v) is 14.0. The van der Waals surface area contributed by atoms with Gasteiger partial charge in [-0.1, -0.05) is 35.3 Å². The molecule has 1 aromatic rings. The van der Waals surface area contributed by atoms with E-state index in [4.69, 9.17) is 27.9 Å². The van der Waals surface area contributed by atoms with Crippen LogP contribution in [-0.2, 0) is 9.53 Å². The van der Waals surface area contributed by atoms with E-state index in [0.717, 1.165) is 0 Å². The number of benzene rings is 1. The van der Waals surface area contributed by atoms with Gasteiger partial charge in [0.05, 0.1) is 28.3 Å². The van der Waals surface area contributed by atoms with Gasteiger partial charge < -0.3 is 15.0 Å². The van der Waals surface area contributed by atoms with Crippen LogP contribution < -0.4 is 5.32 Å². The van der Waals surface area contributed by atoms with E-state index in [0.29, 0.717) is 26.9 Å². The number of hydrogen-bond acceptors (Lipinski definition) is 3. The van der Waals surface area contributed by atoms with Crippen molar-refractivity contribution in [2.24, 2.45) is 0 Å². The zero-order valence-electron chi connectivity index (χ0n) is 12.4. The number of nitrogens with one attached hydrogen (secondary N) is 1. The predicted molar refractivity (Wildman–Crippen MR) is 84.8 cm³/mol. The Balaban J connectivity index is 2.58. The van der Waals surface area contributed by atoms with Gasteiger partial charge in [-0.2, -0.15) is 0 Å². The lowest BCUT2D eigenvalue weighted by molar-refractivity contribution is -0.139. The molecule has 0 radical (unpaired) electrons. The minimum absolute atomic E-state index is 0.239. The van der Waals surface area contributed by atoms with Crippen LogP contribution in [0.3, 0.4) is 0 Å². The number of carbonyl (C=O) groups is 2. The predicted octanol–water partition coefficient (Wildman–Crippen LogP) is 3.53. The van der Waals surface area contributed by atoms with Crippen molar-refractivity contribution in [2.75, 3.05) is 13.7 Å². The third-order valence-corrected chi connectivity index (χ3v) is 4.38. The fourth-order valence-corrected chi connectivity index (χ4v) is 2.70. The fraction of sp³-hybridized carbons (Fsp3) is 0.333. The standard InChI is InChI=1S/C15H16Cl2N2O3/c1-4-22-14(20)11-8(2)19(3)15(21)18-13(11)9-6-5-7-10(16)12(9)17/h5-7,13H,4H2,1-3H3,(H,18,21)/t13-/m1/s1. The van der Waals surface area contributed by atoms with Crippen LogP contribution in [0.25, 0.3) is 0 Å². The SMILES string of the molecule is CCOC(=O)C1=C(C)N(C)C(=O)N[C@@H]1c1cccc(Cl)c1Cl. The highest BCUT2D eigenvalue weighted by Crippen LogP contribution is 2.37. The summed E-state index contributed by atoms with van der Waals surface area (Å²) in [5.41, 5.74) is 1.41. The summed E-state index contributed by atoms with van der Waals surface area (Å²) in [6.07, 6.45) is 0. The Kier molecular flexibility index (Phi) is 4.98. The second-order valence-electron chi connectivity index (χ2n) is 4.80. The molecule has 1 atom stereocenters. The Morgan fingerprint density at radius 1 is 1.41 bits per heavy atom. The van der Waals surface area contributed by atoms with Crippen molar-refractivity contribution in [1.29, 1.82) is 0 Å². The van der Waals surface area contributed by atoms with Gasteiger partial charge in [0.25, 0.3) is 0 Å². The van der Waals surface area contributed by atoms with E-state index in [1.165, 1.54) is 4.90 Å². The minimum atomic E-state index is -0.700. The van der Waals surface area contributed by atoms with Crippen molar-refractivity contribution in [3.05, 3.63) is 45.1 Å². The molecule has 1 heterocycles. The lowest BCUT2D eigenvalue weighted by Crippen LogP contribution is -2.46. The fourth-order valence-electron chi connectivity index (χ4n) is 2.29. The molecule has 2 amide bonds. The summed E-state index contributed by atoms with van der Waals surface area (Å²) < 4.78 is 5.11. The summed E-state index contributed by atoms with van der Waals surface area (Å²) in [5, 5.41) is 3.41. The zero-order chi connectivity index (χ0) is 16.4. The lowest BCUT2D eigenvalue weighted by atomic mass is 9.95. The molecule has 0 saturated carbocycles. The van der Waals surface area contributed by atoms with Gasteiger partial charge in [0.15, 0.2) is 0 Å². The topological polar surface area (TPSA) is 58.6 Å². The molecule has 0 spiro atoms. The Bertz CT molecular complexity index is 658.